The highest BCUT2D eigenvalue weighted by Gasteiger charge is 2.32. The molecule has 0 radical (unpaired) electrons. The van der Waals surface area contributed by atoms with Crippen molar-refractivity contribution in [2.24, 2.45) is 4.99 Å². The van der Waals surface area contributed by atoms with E-state index in [1.807, 2.05) is 18.3 Å². The maximum Gasteiger partial charge on any atom is 0.272 e. The van der Waals surface area contributed by atoms with Gasteiger partial charge in [-0.05, 0) is 55.0 Å². The van der Waals surface area contributed by atoms with E-state index in [1.165, 1.54) is 11.0 Å². The van der Waals surface area contributed by atoms with Crippen molar-refractivity contribution in [2.45, 2.75) is 31.8 Å². The number of para-hydroxylation sites is 1. The molecule has 2 N–H and O–H groups in total. The summed E-state index contributed by atoms with van der Waals surface area (Å²) < 4.78 is 14.7. The fourth-order valence-electron chi connectivity index (χ4n) is 4.50. The monoisotopic (exact) mass is 430 g/mol. The molecule has 2 aliphatic rings. The van der Waals surface area contributed by atoms with E-state index in [4.69, 9.17) is 0 Å². The number of benzene rings is 2. The molecule has 2 aromatic carbocycles. The lowest BCUT2D eigenvalue weighted by molar-refractivity contribution is -0.119. The normalized spacial score (nSPS) is 17.8. The van der Waals surface area contributed by atoms with Crippen LogP contribution in [0.3, 0.4) is 0 Å². The molecule has 2 amide bonds. The van der Waals surface area contributed by atoms with Crippen LogP contribution in [0.15, 0.2) is 59.7 Å². The number of amides is 2. The Morgan fingerprint density at radius 1 is 1.09 bits per heavy atom. The number of aliphatic imine (C=N–C) groups is 1. The molecule has 1 unspecified atom stereocenters. The molecule has 7 heteroatoms. The lowest BCUT2D eigenvalue weighted by atomic mass is 9.93. The Morgan fingerprint density at radius 2 is 1.81 bits per heavy atom. The van der Waals surface area contributed by atoms with Gasteiger partial charge in [0.1, 0.15) is 11.5 Å². The van der Waals surface area contributed by atoms with E-state index >= 15 is 0 Å². The number of carbonyl (C=O) groups excluding carboxylic acids is 2. The van der Waals surface area contributed by atoms with Crippen molar-refractivity contribution in [2.75, 3.05) is 11.9 Å². The first-order chi connectivity index (χ1) is 15.5. The summed E-state index contributed by atoms with van der Waals surface area (Å²) in [6.07, 6.45) is 4.59. The number of likely N-dealkylation sites (N-methyl/N-ethyl adjacent to an activating group) is 1. The van der Waals surface area contributed by atoms with Crippen LogP contribution in [0.5, 0.6) is 0 Å². The molecule has 0 spiro atoms. The van der Waals surface area contributed by atoms with E-state index in [9.17, 15) is 14.0 Å². The minimum absolute atomic E-state index is 0.277. The summed E-state index contributed by atoms with van der Waals surface area (Å²) in [6.45, 7) is 0. The number of halogens is 1. The van der Waals surface area contributed by atoms with Gasteiger partial charge in [0.05, 0.1) is 11.4 Å². The number of carbonyl (C=O) groups is 2. The molecule has 0 fully saturated rings. The van der Waals surface area contributed by atoms with Crippen LogP contribution in [-0.2, 0) is 17.6 Å². The molecule has 0 saturated heterocycles. The van der Waals surface area contributed by atoms with Gasteiger partial charge in [-0.25, -0.2) is 9.38 Å². The molecule has 5 rings (SSSR count). The van der Waals surface area contributed by atoms with Crippen LogP contribution in [-0.4, -0.2) is 35.7 Å². The van der Waals surface area contributed by atoms with Gasteiger partial charge in [-0.1, -0.05) is 30.3 Å². The third-order valence-corrected chi connectivity index (χ3v) is 6.17. The number of fused-ring (bicyclic) bond motifs is 2. The van der Waals surface area contributed by atoms with E-state index < -0.39 is 17.9 Å². The second-order valence-corrected chi connectivity index (χ2v) is 8.12. The number of rotatable bonds is 3. The van der Waals surface area contributed by atoms with E-state index in [-0.39, 0.29) is 11.5 Å². The van der Waals surface area contributed by atoms with Gasteiger partial charge in [-0.15, -0.1) is 0 Å². The smallest absolute Gasteiger partial charge is 0.272 e. The molecule has 6 nitrogen and oxygen atoms in total. The van der Waals surface area contributed by atoms with Gasteiger partial charge in [0.15, 0.2) is 0 Å². The molecule has 2 heterocycles. The number of aromatic nitrogens is 1. The molecule has 32 heavy (non-hydrogen) atoms. The Bertz CT molecular complexity index is 1250. The average molecular weight is 430 g/mol. The predicted octanol–water partition coefficient (Wildman–Crippen LogP) is 3.60. The molecule has 1 aliphatic carbocycles. The van der Waals surface area contributed by atoms with Crippen molar-refractivity contribution in [1.29, 1.82) is 0 Å². The lowest BCUT2D eigenvalue weighted by Crippen LogP contribution is -2.46. The van der Waals surface area contributed by atoms with Gasteiger partial charge >= 0.3 is 0 Å². The Hall–Kier alpha value is -3.74. The summed E-state index contributed by atoms with van der Waals surface area (Å²) in [5.41, 5.74) is 4.46. The van der Waals surface area contributed by atoms with E-state index in [0.717, 1.165) is 36.8 Å². The molecule has 1 aliphatic heterocycles. The van der Waals surface area contributed by atoms with Crippen LogP contribution < -0.4 is 10.2 Å². The Labute approximate surface area is 185 Å². The lowest BCUT2D eigenvalue weighted by Gasteiger charge is -2.21. The summed E-state index contributed by atoms with van der Waals surface area (Å²) in [6, 6.07) is 13.5. The van der Waals surface area contributed by atoms with Crippen molar-refractivity contribution < 1.29 is 14.0 Å². The summed E-state index contributed by atoms with van der Waals surface area (Å²) >= 11 is 0. The minimum Gasteiger partial charge on any atom is -0.357 e. The van der Waals surface area contributed by atoms with Gasteiger partial charge in [-0.3, -0.25) is 9.59 Å². The number of anilines is 1. The second kappa shape index (κ2) is 8.07. The molecule has 162 valence electrons. The minimum atomic E-state index is -1.18. The number of nitrogens with one attached hydrogen (secondary N) is 2. The first-order valence-electron chi connectivity index (χ1n) is 10.7. The molecule has 0 bridgehead atoms. The zero-order valence-corrected chi connectivity index (χ0v) is 17.7. The number of hydrogen-bond acceptors (Lipinski definition) is 3. The summed E-state index contributed by atoms with van der Waals surface area (Å²) in [5, 5.41) is 2.77. The maximum absolute atomic E-state index is 14.7. The number of benzodiazepines with no additional fused rings is 1. The third kappa shape index (κ3) is 3.39. The largest absolute Gasteiger partial charge is 0.357 e. The van der Waals surface area contributed by atoms with Crippen LogP contribution >= 0.6 is 0 Å². The average Bonchev–Trinajstić information content (AvgIpc) is 3.22. The Balaban J connectivity index is 1.57. The van der Waals surface area contributed by atoms with E-state index in [1.54, 1.807) is 37.4 Å². The van der Waals surface area contributed by atoms with Gasteiger partial charge in [0.25, 0.3) is 11.8 Å². The number of aromatic amines is 1. The molecular formula is C25H23FN4O2. The van der Waals surface area contributed by atoms with Gasteiger partial charge in [0.2, 0.25) is 6.17 Å². The number of H-pyrrole nitrogens is 1. The molecular weight excluding hydrogens is 407 g/mol. The van der Waals surface area contributed by atoms with Gasteiger partial charge in [0, 0.05) is 24.4 Å². The van der Waals surface area contributed by atoms with Crippen molar-refractivity contribution in [3.05, 3.63) is 88.5 Å². The summed E-state index contributed by atoms with van der Waals surface area (Å²) in [7, 11) is 1.64. The standard InChI is InChI=1S/C25H23FN4O2/c1-30-20-13-7-5-11-18(20)21(17-10-4-6-12-19(17)26)28-23(25(30)32)29-24(31)22-16-9-3-2-8-15(16)14-27-22/h4-7,10-14,23,27H,2-3,8-9H2,1H3,(H,29,31). The third-order valence-electron chi connectivity index (χ3n) is 6.17. The molecule has 1 aromatic heterocycles. The highest BCUT2D eigenvalue weighted by Crippen LogP contribution is 2.28. The number of hydrogen-bond donors (Lipinski definition) is 2. The molecule has 3 aromatic rings. The van der Waals surface area contributed by atoms with Crippen molar-refractivity contribution in [3.8, 4) is 0 Å². The quantitative estimate of drug-likeness (QED) is 0.666. The SMILES string of the molecule is CN1C(=O)C(NC(=O)c2[nH]cc3c2CCCC3)N=C(c2ccccc2F)c2ccccc21. The van der Waals surface area contributed by atoms with Crippen molar-refractivity contribution in [3.63, 3.8) is 0 Å². The van der Waals surface area contributed by atoms with Crippen LogP contribution in [0.25, 0.3) is 0 Å². The zero-order valence-electron chi connectivity index (χ0n) is 17.7. The van der Waals surface area contributed by atoms with Crippen molar-refractivity contribution in [1.82, 2.24) is 10.3 Å². The maximum atomic E-state index is 14.7. The highest BCUT2D eigenvalue weighted by atomic mass is 19.1. The Kier molecular flexibility index (Phi) is 5.09. The van der Waals surface area contributed by atoms with E-state index in [0.29, 0.717) is 22.7 Å². The van der Waals surface area contributed by atoms with Crippen molar-refractivity contribution >= 4 is 23.2 Å². The number of aryl methyl sites for hydroxylation is 1. The van der Waals surface area contributed by atoms with Crippen LogP contribution in [0.2, 0.25) is 0 Å². The van der Waals surface area contributed by atoms with Gasteiger partial charge < -0.3 is 15.2 Å². The molecule has 1 atom stereocenters. The topological polar surface area (TPSA) is 77.6 Å². The fourth-order valence-corrected chi connectivity index (χ4v) is 4.50. The zero-order chi connectivity index (χ0) is 22.2. The highest BCUT2D eigenvalue weighted by molar-refractivity contribution is 6.20. The second-order valence-electron chi connectivity index (χ2n) is 8.12. The fraction of sp³-hybridized carbons (Fsp3) is 0.240. The van der Waals surface area contributed by atoms with Crippen LogP contribution in [0, 0.1) is 5.82 Å². The first-order valence-corrected chi connectivity index (χ1v) is 10.7. The predicted molar refractivity (Wildman–Crippen MR) is 121 cm³/mol. The van der Waals surface area contributed by atoms with E-state index in [2.05, 4.69) is 15.3 Å². The van der Waals surface area contributed by atoms with Gasteiger partial charge in [-0.2, -0.15) is 0 Å². The van der Waals surface area contributed by atoms with Crippen LogP contribution in [0.1, 0.15) is 45.6 Å². The summed E-state index contributed by atoms with van der Waals surface area (Å²) in [4.78, 5) is 35.5. The first kappa shape index (κ1) is 20.2. The summed E-state index contributed by atoms with van der Waals surface area (Å²) in [5.74, 6) is -1.22. The molecule has 0 saturated carbocycles. The Morgan fingerprint density at radius 3 is 2.62 bits per heavy atom. The van der Waals surface area contributed by atoms with Crippen LogP contribution in [0.4, 0.5) is 10.1 Å². The number of nitrogens with zero attached hydrogens (tertiary/aromatic N) is 2.